The highest BCUT2D eigenvalue weighted by molar-refractivity contribution is 9.10. The van der Waals surface area contributed by atoms with Gasteiger partial charge in [0.25, 0.3) is 0 Å². The van der Waals surface area contributed by atoms with Gasteiger partial charge in [-0.05, 0) is 30.7 Å². The fraction of sp³-hybridized carbons (Fsp3) is 0.462. The van der Waals surface area contributed by atoms with Crippen LogP contribution in [0.25, 0.3) is 0 Å². The molecule has 0 aliphatic rings. The Hall–Kier alpha value is -0.870. The Morgan fingerprint density at radius 3 is 2.71 bits per heavy atom. The van der Waals surface area contributed by atoms with E-state index in [1.807, 2.05) is 6.92 Å². The molecule has 0 aliphatic heterocycles. The second kappa shape index (κ2) is 6.77. The van der Waals surface area contributed by atoms with Gasteiger partial charge in [-0.25, -0.2) is 0 Å². The van der Waals surface area contributed by atoms with Crippen molar-refractivity contribution in [3.8, 4) is 0 Å². The van der Waals surface area contributed by atoms with Crippen molar-refractivity contribution in [2.45, 2.75) is 26.8 Å². The smallest absolute Gasteiger partial charge is 0.304 e. The van der Waals surface area contributed by atoms with Crippen molar-refractivity contribution in [1.29, 1.82) is 0 Å². The molecule has 0 bridgehead atoms. The number of benzene rings is 1. The van der Waals surface area contributed by atoms with Crippen molar-refractivity contribution < 1.29 is 9.90 Å². The first-order chi connectivity index (χ1) is 8.02. The lowest BCUT2D eigenvalue weighted by Gasteiger charge is -2.20. The average Bonchev–Trinajstić information content (AvgIpc) is 2.26. The summed E-state index contributed by atoms with van der Waals surface area (Å²) >= 11 is 3.54. The number of rotatable bonds is 6. The number of halogens is 1. The minimum Gasteiger partial charge on any atom is -0.481 e. The monoisotopic (exact) mass is 299 g/mol. The lowest BCUT2D eigenvalue weighted by atomic mass is 10.1. The summed E-state index contributed by atoms with van der Waals surface area (Å²) in [5.41, 5.74) is 2.41. The molecule has 0 spiro atoms. The maximum absolute atomic E-state index is 10.5. The summed E-state index contributed by atoms with van der Waals surface area (Å²) in [6.07, 6.45) is 0.192. The Balaban J connectivity index is 2.63. The van der Waals surface area contributed by atoms with E-state index in [2.05, 4.69) is 46.0 Å². The molecule has 1 aromatic carbocycles. The summed E-state index contributed by atoms with van der Waals surface area (Å²) in [7, 11) is 0. The molecule has 0 radical (unpaired) electrons. The van der Waals surface area contributed by atoms with Gasteiger partial charge < -0.3 is 5.11 Å². The molecule has 1 aromatic rings. The maximum Gasteiger partial charge on any atom is 0.304 e. The summed E-state index contributed by atoms with van der Waals surface area (Å²) in [5, 5.41) is 8.68. The van der Waals surface area contributed by atoms with E-state index in [1.54, 1.807) is 0 Å². The molecule has 0 amide bonds. The molecular weight excluding hydrogens is 282 g/mol. The topological polar surface area (TPSA) is 40.5 Å². The molecule has 4 heteroatoms. The quantitative estimate of drug-likeness (QED) is 0.878. The number of carboxylic acid groups (broad SMARTS) is 1. The van der Waals surface area contributed by atoms with Crippen LogP contribution in [0.5, 0.6) is 0 Å². The van der Waals surface area contributed by atoms with E-state index in [0.29, 0.717) is 6.54 Å². The second-order valence-corrected chi connectivity index (χ2v) is 4.96. The number of nitrogens with zero attached hydrogens (tertiary/aromatic N) is 1. The summed E-state index contributed by atoms with van der Waals surface area (Å²) in [4.78, 5) is 12.7. The molecule has 0 fully saturated rings. The summed E-state index contributed by atoms with van der Waals surface area (Å²) in [5.74, 6) is -0.744. The van der Waals surface area contributed by atoms with Crippen LogP contribution in [0.4, 0.5) is 0 Å². The highest BCUT2D eigenvalue weighted by Crippen LogP contribution is 2.20. The Labute approximate surface area is 111 Å². The zero-order chi connectivity index (χ0) is 12.8. The summed E-state index contributed by atoms with van der Waals surface area (Å²) in [6, 6.07) is 6.24. The van der Waals surface area contributed by atoms with Gasteiger partial charge in [0.1, 0.15) is 0 Å². The molecule has 0 aliphatic carbocycles. The van der Waals surface area contributed by atoms with Gasteiger partial charge in [-0.1, -0.05) is 35.0 Å². The molecular formula is C13H18BrNO2. The number of hydrogen-bond donors (Lipinski definition) is 1. The Morgan fingerprint density at radius 1 is 1.47 bits per heavy atom. The van der Waals surface area contributed by atoms with Crippen molar-refractivity contribution in [2.75, 3.05) is 13.1 Å². The van der Waals surface area contributed by atoms with Crippen molar-refractivity contribution >= 4 is 21.9 Å². The van der Waals surface area contributed by atoms with Gasteiger partial charge in [0.05, 0.1) is 6.42 Å². The lowest BCUT2D eigenvalue weighted by Crippen LogP contribution is -2.25. The number of aliphatic carboxylic acids is 1. The van der Waals surface area contributed by atoms with E-state index in [0.717, 1.165) is 17.6 Å². The molecule has 1 N–H and O–H groups in total. The first-order valence-electron chi connectivity index (χ1n) is 5.72. The van der Waals surface area contributed by atoms with E-state index in [4.69, 9.17) is 5.11 Å². The van der Waals surface area contributed by atoms with Crippen molar-refractivity contribution in [1.82, 2.24) is 4.90 Å². The largest absolute Gasteiger partial charge is 0.481 e. The molecule has 1 rings (SSSR count). The molecule has 3 nitrogen and oxygen atoms in total. The van der Waals surface area contributed by atoms with Crippen LogP contribution >= 0.6 is 15.9 Å². The van der Waals surface area contributed by atoms with Gasteiger partial charge in [-0.2, -0.15) is 0 Å². The van der Waals surface area contributed by atoms with Gasteiger partial charge in [0, 0.05) is 17.6 Å². The molecule has 0 saturated carbocycles. The van der Waals surface area contributed by atoms with Gasteiger partial charge in [-0.3, -0.25) is 9.69 Å². The van der Waals surface area contributed by atoms with E-state index < -0.39 is 5.97 Å². The third-order valence-corrected chi connectivity index (χ3v) is 3.43. The van der Waals surface area contributed by atoms with E-state index in [9.17, 15) is 4.79 Å². The fourth-order valence-corrected chi connectivity index (χ4v) is 2.24. The zero-order valence-electron chi connectivity index (χ0n) is 10.2. The highest BCUT2D eigenvalue weighted by atomic mass is 79.9. The molecule has 0 unspecified atom stereocenters. The van der Waals surface area contributed by atoms with E-state index in [1.165, 1.54) is 11.1 Å². The van der Waals surface area contributed by atoms with Crippen LogP contribution in [-0.4, -0.2) is 29.1 Å². The van der Waals surface area contributed by atoms with Crippen molar-refractivity contribution in [3.05, 3.63) is 33.8 Å². The summed E-state index contributed by atoms with van der Waals surface area (Å²) in [6.45, 7) is 6.32. The van der Waals surface area contributed by atoms with Gasteiger partial charge in [-0.15, -0.1) is 0 Å². The number of aryl methyl sites for hydroxylation is 1. The predicted molar refractivity (Wildman–Crippen MR) is 72.1 cm³/mol. The Kier molecular flexibility index (Phi) is 5.65. The number of carbonyl (C=O) groups is 1. The van der Waals surface area contributed by atoms with Gasteiger partial charge in [0.15, 0.2) is 0 Å². The third kappa shape index (κ3) is 4.88. The zero-order valence-corrected chi connectivity index (χ0v) is 11.8. The SMILES string of the molecule is CCN(CCC(=O)O)Cc1ccc(C)cc1Br. The molecule has 94 valence electrons. The third-order valence-electron chi connectivity index (χ3n) is 2.69. The van der Waals surface area contributed by atoms with Crippen LogP contribution in [0, 0.1) is 6.92 Å². The number of carboxylic acids is 1. The first-order valence-corrected chi connectivity index (χ1v) is 6.51. The second-order valence-electron chi connectivity index (χ2n) is 4.11. The van der Waals surface area contributed by atoms with Gasteiger partial charge in [0.2, 0.25) is 0 Å². The lowest BCUT2D eigenvalue weighted by molar-refractivity contribution is -0.137. The van der Waals surface area contributed by atoms with E-state index >= 15 is 0 Å². The van der Waals surface area contributed by atoms with Crippen LogP contribution in [0.3, 0.4) is 0 Å². The minimum atomic E-state index is -0.744. The normalized spacial score (nSPS) is 10.8. The standard InChI is InChI=1S/C13H18BrNO2/c1-3-15(7-6-13(16)17)9-11-5-4-10(2)8-12(11)14/h4-5,8H,3,6-7,9H2,1-2H3,(H,16,17). The van der Waals surface area contributed by atoms with E-state index in [-0.39, 0.29) is 6.42 Å². The highest BCUT2D eigenvalue weighted by Gasteiger charge is 2.08. The van der Waals surface area contributed by atoms with Crippen LogP contribution in [-0.2, 0) is 11.3 Å². The Bertz CT molecular complexity index is 393. The maximum atomic E-state index is 10.5. The summed E-state index contributed by atoms with van der Waals surface area (Å²) < 4.78 is 1.09. The molecule has 0 aromatic heterocycles. The minimum absolute atomic E-state index is 0.192. The number of hydrogen-bond acceptors (Lipinski definition) is 2. The first kappa shape index (κ1) is 14.2. The predicted octanol–water partition coefficient (Wildman–Crippen LogP) is 3.05. The molecule has 17 heavy (non-hydrogen) atoms. The van der Waals surface area contributed by atoms with Crippen LogP contribution in [0.15, 0.2) is 22.7 Å². The molecule has 0 heterocycles. The Morgan fingerprint density at radius 2 is 2.18 bits per heavy atom. The van der Waals surface area contributed by atoms with Crippen LogP contribution in [0.1, 0.15) is 24.5 Å². The van der Waals surface area contributed by atoms with Gasteiger partial charge >= 0.3 is 5.97 Å². The van der Waals surface area contributed by atoms with Crippen LogP contribution in [0.2, 0.25) is 0 Å². The van der Waals surface area contributed by atoms with Crippen molar-refractivity contribution in [2.24, 2.45) is 0 Å². The van der Waals surface area contributed by atoms with Crippen LogP contribution < -0.4 is 0 Å². The molecule has 0 saturated heterocycles. The fourth-order valence-electron chi connectivity index (χ4n) is 1.62. The molecule has 0 atom stereocenters. The average molecular weight is 300 g/mol. The van der Waals surface area contributed by atoms with Crippen molar-refractivity contribution in [3.63, 3.8) is 0 Å².